The Morgan fingerprint density at radius 3 is 2.61 bits per heavy atom. The second-order valence-corrected chi connectivity index (χ2v) is 8.86. The quantitative estimate of drug-likeness (QED) is 0.726. The summed E-state index contributed by atoms with van der Waals surface area (Å²) >= 11 is 6.14. The number of benzene rings is 2. The number of carbonyl (C=O) groups excluding carboxylic acids is 1. The highest BCUT2D eigenvalue weighted by molar-refractivity contribution is 7.89. The van der Waals surface area contributed by atoms with Crippen LogP contribution in [0.15, 0.2) is 41.3 Å². The maximum Gasteiger partial charge on any atom is 0.258 e. The number of carbonyl (C=O) groups is 1. The Kier molecular flexibility index (Phi) is 6.07. The Morgan fingerprint density at radius 2 is 1.93 bits per heavy atom. The number of nitrogens with zero attached hydrogens (tertiary/aromatic N) is 2. The molecule has 2 aromatic carbocycles. The summed E-state index contributed by atoms with van der Waals surface area (Å²) in [4.78, 5) is 14.4. The van der Waals surface area contributed by atoms with Gasteiger partial charge >= 0.3 is 0 Å². The summed E-state index contributed by atoms with van der Waals surface area (Å²) in [6, 6.07) is 8.91. The molecule has 2 aromatic rings. The van der Waals surface area contributed by atoms with Crippen LogP contribution in [0, 0.1) is 5.82 Å². The summed E-state index contributed by atoms with van der Waals surface area (Å²) in [7, 11) is -3.83. The molecule has 8 heteroatoms. The molecule has 0 unspecified atom stereocenters. The molecule has 0 N–H and O–H groups in total. The first-order chi connectivity index (χ1) is 13.3. The maximum atomic E-state index is 14.4. The lowest BCUT2D eigenvalue weighted by molar-refractivity contribution is 0.0984. The average molecular weight is 425 g/mol. The monoisotopic (exact) mass is 424 g/mol. The molecule has 0 saturated heterocycles. The number of anilines is 1. The van der Waals surface area contributed by atoms with Crippen molar-refractivity contribution >= 4 is 33.2 Å². The minimum absolute atomic E-state index is 0.0497. The zero-order valence-electron chi connectivity index (χ0n) is 15.8. The molecule has 0 aliphatic carbocycles. The van der Waals surface area contributed by atoms with Crippen LogP contribution in [-0.4, -0.2) is 38.3 Å². The summed E-state index contributed by atoms with van der Waals surface area (Å²) < 4.78 is 41.4. The third kappa shape index (κ3) is 3.66. The van der Waals surface area contributed by atoms with Gasteiger partial charge in [-0.25, -0.2) is 12.8 Å². The summed E-state index contributed by atoms with van der Waals surface area (Å²) in [5.74, 6) is -0.908. The molecule has 1 aliphatic rings. The number of para-hydroxylation sites is 1. The molecule has 5 nitrogen and oxygen atoms in total. The van der Waals surface area contributed by atoms with E-state index in [1.165, 1.54) is 33.5 Å². The molecule has 3 rings (SSSR count). The summed E-state index contributed by atoms with van der Waals surface area (Å²) in [5.41, 5.74) is 1.19. The number of amides is 1. The van der Waals surface area contributed by atoms with Crippen molar-refractivity contribution in [1.29, 1.82) is 0 Å². The van der Waals surface area contributed by atoms with Gasteiger partial charge in [-0.15, -0.1) is 0 Å². The minimum Gasteiger partial charge on any atom is -0.305 e. The van der Waals surface area contributed by atoms with Crippen molar-refractivity contribution in [2.45, 2.75) is 31.6 Å². The van der Waals surface area contributed by atoms with Crippen LogP contribution in [0.2, 0.25) is 5.02 Å². The van der Waals surface area contributed by atoms with Gasteiger partial charge in [0.15, 0.2) is 0 Å². The minimum atomic E-state index is -3.83. The topological polar surface area (TPSA) is 57.7 Å². The molecule has 1 heterocycles. The molecule has 1 amide bonds. The van der Waals surface area contributed by atoms with Crippen LogP contribution in [0.25, 0.3) is 0 Å². The fraction of sp³-hybridized carbons (Fsp3) is 0.350. The third-order valence-corrected chi connectivity index (χ3v) is 7.45. The standard InChI is InChI=1S/C20H22ClFN2O3S/c1-3-23(4-2)28(26,27)18-13-15(10-11-16(18)21)20(25)24-12-6-8-14-7-5-9-17(22)19(14)24/h5,7,9-11,13H,3-4,6,8,12H2,1-2H3. The van der Waals surface area contributed by atoms with Gasteiger partial charge in [0.25, 0.3) is 5.91 Å². The molecule has 0 saturated carbocycles. The van der Waals surface area contributed by atoms with Gasteiger partial charge in [0, 0.05) is 25.2 Å². The molecule has 28 heavy (non-hydrogen) atoms. The Labute approximate surface area is 169 Å². The molecule has 0 aromatic heterocycles. The number of hydrogen-bond donors (Lipinski definition) is 0. The van der Waals surface area contributed by atoms with E-state index in [1.54, 1.807) is 26.0 Å². The SMILES string of the molecule is CCN(CC)S(=O)(=O)c1cc(C(=O)N2CCCc3cccc(F)c32)ccc1Cl. The highest BCUT2D eigenvalue weighted by Gasteiger charge is 2.29. The van der Waals surface area contributed by atoms with E-state index in [4.69, 9.17) is 11.6 Å². The zero-order chi connectivity index (χ0) is 20.5. The third-order valence-electron chi connectivity index (χ3n) is 4.91. The van der Waals surface area contributed by atoms with Crippen LogP contribution in [0.1, 0.15) is 36.2 Å². The van der Waals surface area contributed by atoms with Crippen molar-refractivity contribution in [3.8, 4) is 0 Å². The predicted molar refractivity (Wildman–Crippen MR) is 108 cm³/mol. The summed E-state index contributed by atoms with van der Waals surface area (Å²) in [6.45, 7) is 4.42. The predicted octanol–water partition coefficient (Wildman–Crippen LogP) is 4.10. The smallest absolute Gasteiger partial charge is 0.258 e. The first-order valence-corrected chi connectivity index (χ1v) is 11.0. The van der Waals surface area contributed by atoms with E-state index >= 15 is 0 Å². The molecule has 1 aliphatic heterocycles. The van der Waals surface area contributed by atoms with E-state index in [2.05, 4.69) is 0 Å². The van der Waals surface area contributed by atoms with E-state index in [9.17, 15) is 17.6 Å². The van der Waals surface area contributed by atoms with Crippen LogP contribution in [-0.2, 0) is 16.4 Å². The van der Waals surface area contributed by atoms with Crippen LogP contribution in [0.3, 0.4) is 0 Å². The average Bonchev–Trinajstić information content (AvgIpc) is 2.68. The van der Waals surface area contributed by atoms with Gasteiger partial charge in [0.1, 0.15) is 10.7 Å². The first kappa shape index (κ1) is 20.8. The number of hydrogen-bond acceptors (Lipinski definition) is 3. The van der Waals surface area contributed by atoms with Gasteiger partial charge < -0.3 is 4.90 Å². The number of sulfonamides is 1. The van der Waals surface area contributed by atoms with E-state index in [-0.39, 0.29) is 34.3 Å². The Bertz CT molecular complexity index is 1010. The number of halogens is 2. The van der Waals surface area contributed by atoms with Gasteiger partial charge in [-0.1, -0.05) is 37.6 Å². The second kappa shape index (κ2) is 8.19. The van der Waals surface area contributed by atoms with Crippen molar-refractivity contribution in [2.24, 2.45) is 0 Å². The van der Waals surface area contributed by atoms with Crippen molar-refractivity contribution in [2.75, 3.05) is 24.5 Å². The molecule has 150 valence electrons. The van der Waals surface area contributed by atoms with Crippen molar-refractivity contribution in [3.05, 3.63) is 58.4 Å². The normalized spacial score (nSPS) is 14.2. The van der Waals surface area contributed by atoms with Crippen LogP contribution >= 0.6 is 11.6 Å². The van der Waals surface area contributed by atoms with E-state index in [0.717, 1.165) is 5.56 Å². The van der Waals surface area contributed by atoms with E-state index < -0.39 is 21.7 Å². The lowest BCUT2D eigenvalue weighted by Crippen LogP contribution is -2.36. The summed E-state index contributed by atoms with van der Waals surface area (Å²) in [5, 5.41) is 0.0497. The van der Waals surface area contributed by atoms with Gasteiger partial charge in [-0.2, -0.15) is 4.31 Å². The fourth-order valence-corrected chi connectivity index (χ4v) is 5.46. The lowest BCUT2D eigenvalue weighted by Gasteiger charge is -2.30. The molecule has 0 radical (unpaired) electrons. The van der Waals surface area contributed by atoms with E-state index in [0.29, 0.717) is 19.4 Å². The Balaban J connectivity index is 2.04. The lowest BCUT2D eigenvalue weighted by atomic mass is 10.0. The Morgan fingerprint density at radius 1 is 1.21 bits per heavy atom. The van der Waals surface area contributed by atoms with E-state index in [1.807, 2.05) is 0 Å². The van der Waals surface area contributed by atoms with Gasteiger partial charge in [-0.3, -0.25) is 4.79 Å². The number of fused-ring (bicyclic) bond motifs is 1. The first-order valence-electron chi connectivity index (χ1n) is 9.20. The molecule has 0 fully saturated rings. The molecule has 0 spiro atoms. The molecule has 0 bridgehead atoms. The van der Waals surface area contributed by atoms with Crippen molar-refractivity contribution in [3.63, 3.8) is 0 Å². The van der Waals surface area contributed by atoms with Crippen molar-refractivity contribution in [1.82, 2.24) is 4.31 Å². The molecule has 0 atom stereocenters. The van der Waals surface area contributed by atoms with Crippen LogP contribution in [0.4, 0.5) is 10.1 Å². The van der Waals surface area contributed by atoms with Crippen molar-refractivity contribution < 1.29 is 17.6 Å². The zero-order valence-corrected chi connectivity index (χ0v) is 17.4. The van der Waals surface area contributed by atoms with Gasteiger partial charge in [-0.05, 0) is 42.7 Å². The Hall–Kier alpha value is -1.96. The van der Waals surface area contributed by atoms with Crippen LogP contribution in [0.5, 0.6) is 0 Å². The highest BCUT2D eigenvalue weighted by Crippen LogP contribution is 2.32. The highest BCUT2D eigenvalue weighted by atomic mass is 35.5. The largest absolute Gasteiger partial charge is 0.305 e. The fourth-order valence-electron chi connectivity index (χ4n) is 3.50. The number of aryl methyl sites for hydroxylation is 1. The van der Waals surface area contributed by atoms with Crippen LogP contribution < -0.4 is 4.90 Å². The number of rotatable bonds is 5. The molecular formula is C20H22ClFN2O3S. The maximum absolute atomic E-state index is 14.4. The summed E-state index contributed by atoms with van der Waals surface area (Å²) in [6.07, 6.45) is 1.40. The van der Waals surface area contributed by atoms with Gasteiger partial charge in [0.2, 0.25) is 10.0 Å². The van der Waals surface area contributed by atoms with Gasteiger partial charge in [0.05, 0.1) is 10.7 Å². The second-order valence-electron chi connectivity index (χ2n) is 6.54. The molecular weight excluding hydrogens is 403 g/mol.